The van der Waals surface area contributed by atoms with E-state index in [1.54, 1.807) is 18.2 Å². The average molecular weight is 244 g/mol. The SMILES string of the molecule is COC(=O)c1cc2c(Cl)cc(Cl)cc2[nH]1. The minimum absolute atomic E-state index is 0.358. The molecule has 2 aromatic rings. The molecule has 0 radical (unpaired) electrons. The summed E-state index contributed by atoms with van der Waals surface area (Å²) in [5.41, 5.74) is 1.07. The summed E-state index contributed by atoms with van der Waals surface area (Å²) in [6, 6.07) is 4.97. The van der Waals surface area contributed by atoms with Gasteiger partial charge in [-0.2, -0.15) is 0 Å². The molecule has 1 aromatic carbocycles. The number of carbonyl (C=O) groups is 1. The number of rotatable bonds is 1. The number of fused-ring (bicyclic) bond motifs is 1. The second kappa shape index (κ2) is 3.76. The van der Waals surface area contributed by atoms with Crippen LogP contribution in [0, 0.1) is 0 Å². The van der Waals surface area contributed by atoms with E-state index in [1.165, 1.54) is 7.11 Å². The number of methoxy groups -OCH3 is 1. The lowest BCUT2D eigenvalue weighted by Crippen LogP contribution is -2.00. The topological polar surface area (TPSA) is 42.1 Å². The van der Waals surface area contributed by atoms with Gasteiger partial charge in [0, 0.05) is 15.9 Å². The van der Waals surface area contributed by atoms with Crippen LogP contribution in [-0.2, 0) is 4.74 Å². The number of halogens is 2. The first-order valence-corrected chi connectivity index (χ1v) is 4.93. The van der Waals surface area contributed by atoms with Crippen molar-refractivity contribution in [3.63, 3.8) is 0 Å². The highest BCUT2D eigenvalue weighted by Gasteiger charge is 2.11. The Kier molecular flexibility index (Phi) is 2.59. The van der Waals surface area contributed by atoms with E-state index in [0.29, 0.717) is 21.3 Å². The molecule has 0 saturated carbocycles. The molecule has 2 rings (SSSR count). The summed E-state index contributed by atoms with van der Waals surface area (Å²) in [5, 5.41) is 1.77. The number of hydrogen-bond donors (Lipinski definition) is 1. The van der Waals surface area contributed by atoms with Crippen molar-refractivity contribution in [3.05, 3.63) is 33.9 Å². The summed E-state index contributed by atoms with van der Waals surface area (Å²) in [5.74, 6) is -0.432. The van der Waals surface area contributed by atoms with Crippen molar-refractivity contribution in [1.82, 2.24) is 4.98 Å². The zero-order valence-electron chi connectivity index (χ0n) is 7.80. The molecule has 0 aliphatic rings. The molecule has 78 valence electrons. The molecule has 0 atom stereocenters. The molecule has 3 nitrogen and oxygen atoms in total. The van der Waals surface area contributed by atoms with Gasteiger partial charge in [-0.05, 0) is 18.2 Å². The number of esters is 1. The van der Waals surface area contributed by atoms with Gasteiger partial charge in [-0.3, -0.25) is 0 Å². The van der Waals surface area contributed by atoms with Crippen LogP contribution in [0.4, 0.5) is 0 Å². The number of benzene rings is 1. The first-order chi connectivity index (χ1) is 7.11. The third-order valence-corrected chi connectivity index (χ3v) is 2.59. The van der Waals surface area contributed by atoms with Crippen molar-refractivity contribution < 1.29 is 9.53 Å². The molecule has 0 aliphatic carbocycles. The summed E-state index contributed by atoms with van der Waals surface area (Å²) in [7, 11) is 1.32. The highest BCUT2D eigenvalue weighted by atomic mass is 35.5. The summed E-state index contributed by atoms with van der Waals surface area (Å²) in [4.78, 5) is 14.1. The van der Waals surface area contributed by atoms with Crippen LogP contribution in [0.2, 0.25) is 10.0 Å². The van der Waals surface area contributed by atoms with E-state index in [4.69, 9.17) is 23.2 Å². The molecule has 0 fully saturated rings. The third kappa shape index (κ3) is 1.80. The van der Waals surface area contributed by atoms with E-state index in [-0.39, 0.29) is 0 Å². The number of ether oxygens (including phenoxy) is 1. The predicted octanol–water partition coefficient (Wildman–Crippen LogP) is 3.26. The number of hydrogen-bond acceptors (Lipinski definition) is 2. The quantitative estimate of drug-likeness (QED) is 0.782. The Labute approximate surface area is 95.9 Å². The second-order valence-corrected chi connectivity index (χ2v) is 3.87. The fourth-order valence-electron chi connectivity index (χ4n) is 1.38. The first kappa shape index (κ1) is 10.3. The Morgan fingerprint density at radius 1 is 1.33 bits per heavy atom. The summed E-state index contributed by atoms with van der Waals surface area (Å²) >= 11 is 11.8. The molecule has 0 bridgehead atoms. The molecule has 1 aromatic heterocycles. The van der Waals surface area contributed by atoms with Crippen LogP contribution in [0.3, 0.4) is 0 Å². The van der Waals surface area contributed by atoms with Crippen molar-refractivity contribution >= 4 is 40.1 Å². The number of nitrogens with one attached hydrogen (secondary N) is 1. The van der Waals surface area contributed by atoms with Crippen molar-refractivity contribution in [2.24, 2.45) is 0 Å². The van der Waals surface area contributed by atoms with Crippen LogP contribution in [0.5, 0.6) is 0 Å². The van der Waals surface area contributed by atoms with Gasteiger partial charge in [0.05, 0.1) is 12.1 Å². The van der Waals surface area contributed by atoms with E-state index >= 15 is 0 Å². The van der Waals surface area contributed by atoms with Gasteiger partial charge in [0.15, 0.2) is 0 Å². The van der Waals surface area contributed by atoms with Crippen LogP contribution in [-0.4, -0.2) is 18.1 Å². The maximum Gasteiger partial charge on any atom is 0.354 e. The van der Waals surface area contributed by atoms with Gasteiger partial charge in [0.1, 0.15) is 5.69 Å². The van der Waals surface area contributed by atoms with Gasteiger partial charge in [-0.1, -0.05) is 23.2 Å². The molecule has 0 amide bonds. The average Bonchev–Trinajstić information content (AvgIpc) is 2.60. The Morgan fingerprint density at radius 3 is 2.73 bits per heavy atom. The molecule has 15 heavy (non-hydrogen) atoms. The third-order valence-electron chi connectivity index (χ3n) is 2.06. The van der Waals surface area contributed by atoms with Gasteiger partial charge in [-0.25, -0.2) is 4.79 Å². The Hall–Kier alpha value is -1.19. The predicted molar refractivity (Wildman–Crippen MR) is 59.7 cm³/mol. The molecule has 0 aliphatic heterocycles. The number of carbonyl (C=O) groups excluding carboxylic acids is 1. The van der Waals surface area contributed by atoms with Crippen LogP contribution < -0.4 is 0 Å². The van der Waals surface area contributed by atoms with Crippen LogP contribution in [0.15, 0.2) is 18.2 Å². The van der Waals surface area contributed by atoms with Gasteiger partial charge in [0.2, 0.25) is 0 Å². The Morgan fingerprint density at radius 2 is 2.07 bits per heavy atom. The summed E-state index contributed by atoms with van der Waals surface area (Å²) in [6.07, 6.45) is 0. The molecule has 0 spiro atoms. The van der Waals surface area contributed by atoms with Gasteiger partial charge < -0.3 is 9.72 Å². The standard InChI is InChI=1S/C10H7Cl2NO2/c1-15-10(14)9-4-6-7(12)2-5(11)3-8(6)13-9/h2-4,13H,1H3. The van der Waals surface area contributed by atoms with Crippen molar-refractivity contribution in [2.75, 3.05) is 7.11 Å². The normalized spacial score (nSPS) is 10.6. The Balaban J connectivity index is 2.65. The van der Waals surface area contributed by atoms with Crippen LogP contribution in [0.1, 0.15) is 10.5 Å². The van der Waals surface area contributed by atoms with Crippen LogP contribution >= 0.6 is 23.2 Å². The summed E-state index contributed by atoms with van der Waals surface area (Å²) in [6.45, 7) is 0. The van der Waals surface area contributed by atoms with Gasteiger partial charge in [0.25, 0.3) is 0 Å². The van der Waals surface area contributed by atoms with Crippen molar-refractivity contribution in [3.8, 4) is 0 Å². The number of aromatic nitrogens is 1. The monoisotopic (exact) mass is 243 g/mol. The lowest BCUT2D eigenvalue weighted by atomic mass is 10.2. The highest BCUT2D eigenvalue weighted by molar-refractivity contribution is 6.38. The van der Waals surface area contributed by atoms with Gasteiger partial charge in [-0.15, -0.1) is 0 Å². The molecule has 0 saturated heterocycles. The zero-order valence-corrected chi connectivity index (χ0v) is 9.32. The van der Waals surface area contributed by atoms with E-state index in [2.05, 4.69) is 9.72 Å². The second-order valence-electron chi connectivity index (χ2n) is 3.02. The highest BCUT2D eigenvalue weighted by Crippen LogP contribution is 2.28. The van der Waals surface area contributed by atoms with Crippen molar-refractivity contribution in [1.29, 1.82) is 0 Å². The number of H-pyrrole nitrogens is 1. The number of aromatic amines is 1. The maximum atomic E-state index is 11.2. The molecule has 1 N–H and O–H groups in total. The fourth-order valence-corrected chi connectivity index (χ4v) is 1.93. The van der Waals surface area contributed by atoms with E-state index in [0.717, 1.165) is 5.39 Å². The molecular weight excluding hydrogens is 237 g/mol. The van der Waals surface area contributed by atoms with E-state index in [1.807, 2.05) is 0 Å². The largest absolute Gasteiger partial charge is 0.464 e. The molecule has 1 heterocycles. The molecule has 5 heteroatoms. The molecule has 0 unspecified atom stereocenters. The lowest BCUT2D eigenvalue weighted by Gasteiger charge is -1.94. The summed E-state index contributed by atoms with van der Waals surface area (Å²) < 4.78 is 4.59. The van der Waals surface area contributed by atoms with Gasteiger partial charge >= 0.3 is 5.97 Å². The van der Waals surface area contributed by atoms with E-state index in [9.17, 15) is 4.79 Å². The minimum Gasteiger partial charge on any atom is -0.464 e. The molecular formula is C10H7Cl2NO2. The first-order valence-electron chi connectivity index (χ1n) is 4.18. The van der Waals surface area contributed by atoms with Crippen LogP contribution in [0.25, 0.3) is 10.9 Å². The zero-order chi connectivity index (χ0) is 11.0. The smallest absolute Gasteiger partial charge is 0.354 e. The van der Waals surface area contributed by atoms with E-state index < -0.39 is 5.97 Å². The lowest BCUT2D eigenvalue weighted by molar-refractivity contribution is 0.0595. The minimum atomic E-state index is -0.432. The Bertz CT molecular complexity index is 533. The van der Waals surface area contributed by atoms with Crippen molar-refractivity contribution in [2.45, 2.75) is 0 Å². The maximum absolute atomic E-state index is 11.2. The fraction of sp³-hybridized carbons (Fsp3) is 0.100.